The molecule has 0 spiro atoms. The Hall–Kier alpha value is -1.92. The lowest BCUT2D eigenvalue weighted by atomic mass is 10.0. The van der Waals surface area contributed by atoms with Crippen LogP contribution in [0.5, 0.6) is 0 Å². The molecule has 0 aliphatic carbocycles. The highest BCUT2D eigenvalue weighted by atomic mass is 16.5. The first-order valence-corrected chi connectivity index (χ1v) is 29.8. The van der Waals surface area contributed by atoms with Crippen LogP contribution in [0.3, 0.4) is 0 Å². The zero-order chi connectivity index (χ0) is 48.6. The van der Waals surface area contributed by atoms with Crippen molar-refractivity contribution < 1.29 is 24.5 Å². The summed E-state index contributed by atoms with van der Waals surface area (Å²) in [7, 11) is 0. The Labute approximate surface area is 417 Å². The van der Waals surface area contributed by atoms with E-state index in [9.17, 15) is 19.8 Å². The van der Waals surface area contributed by atoms with Crippen LogP contribution in [0.15, 0.2) is 36.5 Å². The predicted octanol–water partition coefficient (Wildman–Crippen LogP) is 18.4. The number of carbonyl (C=O) groups excluding carboxylic acids is 2. The lowest BCUT2D eigenvalue weighted by Gasteiger charge is -2.20. The van der Waals surface area contributed by atoms with Crippen LogP contribution < -0.4 is 5.32 Å². The van der Waals surface area contributed by atoms with Gasteiger partial charge in [-0.15, -0.1) is 0 Å². The van der Waals surface area contributed by atoms with Crippen molar-refractivity contribution in [3.63, 3.8) is 0 Å². The van der Waals surface area contributed by atoms with E-state index in [2.05, 4.69) is 43.5 Å². The average molecular weight is 943 g/mol. The summed E-state index contributed by atoms with van der Waals surface area (Å²) in [5.74, 6) is -0.0763. The van der Waals surface area contributed by atoms with Crippen LogP contribution in [0.25, 0.3) is 0 Å². The second-order valence-corrected chi connectivity index (χ2v) is 20.3. The minimum absolute atomic E-state index is 0.00114. The largest absolute Gasteiger partial charge is 0.466 e. The molecular weight excluding hydrogens is 827 g/mol. The van der Waals surface area contributed by atoms with E-state index in [0.717, 1.165) is 51.4 Å². The Balaban J connectivity index is 3.45. The number of ether oxygens (including phenoxy) is 1. The maximum atomic E-state index is 12.5. The van der Waals surface area contributed by atoms with E-state index in [0.29, 0.717) is 19.4 Å². The smallest absolute Gasteiger partial charge is 0.305 e. The Morgan fingerprint density at radius 1 is 0.403 bits per heavy atom. The van der Waals surface area contributed by atoms with Crippen molar-refractivity contribution in [2.75, 3.05) is 13.2 Å². The molecule has 0 aromatic carbocycles. The molecule has 0 saturated carbocycles. The van der Waals surface area contributed by atoms with Crippen molar-refractivity contribution in [3.8, 4) is 0 Å². The van der Waals surface area contributed by atoms with Crippen molar-refractivity contribution in [1.82, 2.24) is 5.32 Å². The highest BCUT2D eigenvalue weighted by Gasteiger charge is 2.18. The third-order valence-electron chi connectivity index (χ3n) is 13.6. The van der Waals surface area contributed by atoms with Crippen LogP contribution in [0, 0.1) is 0 Å². The minimum Gasteiger partial charge on any atom is -0.466 e. The van der Waals surface area contributed by atoms with Gasteiger partial charge in [-0.2, -0.15) is 0 Å². The second kappa shape index (κ2) is 56.7. The fourth-order valence-electron chi connectivity index (χ4n) is 9.03. The van der Waals surface area contributed by atoms with Crippen LogP contribution in [-0.2, 0) is 14.3 Å². The molecule has 0 bridgehead atoms. The molecule has 0 fully saturated rings. The third kappa shape index (κ3) is 53.3. The van der Waals surface area contributed by atoms with E-state index >= 15 is 0 Å². The van der Waals surface area contributed by atoms with Crippen molar-refractivity contribution in [3.05, 3.63) is 36.5 Å². The van der Waals surface area contributed by atoms with E-state index in [1.807, 2.05) is 6.08 Å². The monoisotopic (exact) mass is 942 g/mol. The molecule has 6 heteroatoms. The van der Waals surface area contributed by atoms with Gasteiger partial charge in [-0.25, -0.2) is 0 Å². The normalized spacial score (nSPS) is 12.8. The summed E-state index contributed by atoms with van der Waals surface area (Å²) in [6.45, 7) is 4.89. The lowest BCUT2D eigenvalue weighted by molar-refractivity contribution is -0.143. The summed E-state index contributed by atoms with van der Waals surface area (Å²) in [6, 6.07) is -0.633. The van der Waals surface area contributed by atoms with Crippen molar-refractivity contribution in [2.45, 2.75) is 328 Å². The molecule has 0 aromatic rings. The highest BCUT2D eigenvalue weighted by Crippen LogP contribution is 2.16. The maximum Gasteiger partial charge on any atom is 0.305 e. The number of allylic oxidation sites excluding steroid dienone is 5. The van der Waals surface area contributed by atoms with Gasteiger partial charge in [0.15, 0.2) is 0 Å². The van der Waals surface area contributed by atoms with Crippen LogP contribution >= 0.6 is 0 Å². The molecule has 0 aliphatic rings. The zero-order valence-corrected chi connectivity index (χ0v) is 44.9. The third-order valence-corrected chi connectivity index (χ3v) is 13.6. The topological polar surface area (TPSA) is 95.9 Å². The summed E-state index contributed by atoms with van der Waals surface area (Å²) in [6.07, 6.45) is 70.3. The predicted molar refractivity (Wildman–Crippen MR) is 292 cm³/mol. The quantitative estimate of drug-likeness (QED) is 0.0321. The molecule has 3 N–H and O–H groups in total. The van der Waals surface area contributed by atoms with Crippen LogP contribution in [0.4, 0.5) is 0 Å². The summed E-state index contributed by atoms with van der Waals surface area (Å²) in [4.78, 5) is 24.5. The van der Waals surface area contributed by atoms with E-state index in [1.54, 1.807) is 6.08 Å². The number of rotatable bonds is 55. The van der Waals surface area contributed by atoms with E-state index in [4.69, 9.17) is 4.74 Å². The van der Waals surface area contributed by atoms with Gasteiger partial charge in [0.05, 0.1) is 25.4 Å². The van der Waals surface area contributed by atoms with Gasteiger partial charge < -0.3 is 20.3 Å². The minimum atomic E-state index is -0.849. The van der Waals surface area contributed by atoms with Gasteiger partial charge in [-0.1, -0.05) is 256 Å². The number of esters is 1. The van der Waals surface area contributed by atoms with Gasteiger partial charge in [0.2, 0.25) is 5.91 Å². The van der Waals surface area contributed by atoms with Gasteiger partial charge in [0.1, 0.15) is 0 Å². The number of nitrogens with one attached hydrogen (secondary N) is 1. The summed E-state index contributed by atoms with van der Waals surface area (Å²) >= 11 is 0. The highest BCUT2D eigenvalue weighted by molar-refractivity contribution is 5.76. The van der Waals surface area contributed by atoms with Crippen LogP contribution in [-0.4, -0.2) is 47.4 Å². The Bertz CT molecular complexity index is 1090. The average Bonchev–Trinajstić information content (AvgIpc) is 3.33. The van der Waals surface area contributed by atoms with Crippen molar-refractivity contribution in [1.29, 1.82) is 0 Å². The lowest BCUT2D eigenvalue weighted by Crippen LogP contribution is -2.45. The molecule has 6 nitrogen and oxygen atoms in total. The van der Waals surface area contributed by atoms with Crippen molar-refractivity contribution >= 4 is 11.9 Å². The molecule has 2 atom stereocenters. The van der Waals surface area contributed by atoms with Gasteiger partial charge in [0, 0.05) is 12.8 Å². The molecule has 0 saturated heterocycles. The van der Waals surface area contributed by atoms with E-state index < -0.39 is 12.1 Å². The Morgan fingerprint density at radius 3 is 1.06 bits per heavy atom. The molecule has 394 valence electrons. The zero-order valence-electron chi connectivity index (χ0n) is 44.9. The Morgan fingerprint density at radius 2 is 0.701 bits per heavy atom. The first kappa shape index (κ1) is 65.1. The fraction of sp³-hybridized carbons (Fsp3) is 0.869. The first-order chi connectivity index (χ1) is 33.0. The van der Waals surface area contributed by atoms with Gasteiger partial charge in [-0.05, 0) is 83.5 Å². The SMILES string of the molecule is CCCCCCC/C=C\CCCCCCCC(=O)OCCCCCCCCCCCC/C=C\CCCCCCCCCC(=O)NC(CO)C(O)/C=C/CCCCCCCCCCCCCCC. The molecule has 2 unspecified atom stereocenters. The fourth-order valence-corrected chi connectivity index (χ4v) is 9.03. The molecule has 0 aromatic heterocycles. The summed E-state index contributed by atoms with van der Waals surface area (Å²) < 4.78 is 5.47. The second-order valence-electron chi connectivity index (χ2n) is 20.3. The maximum absolute atomic E-state index is 12.5. The molecule has 1 amide bonds. The first-order valence-electron chi connectivity index (χ1n) is 29.8. The van der Waals surface area contributed by atoms with Crippen LogP contribution in [0.2, 0.25) is 0 Å². The van der Waals surface area contributed by atoms with E-state index in [1.165, 1.54) is 238 Å². The molecular formula is C61H115NO5. The number of hydrogen-bond acceptors (Lipinski definition) is 5. The molecule has 0 radical (unpaired) electrons. The standard InChI is InChI=1S/C61H115NO5/c1-3-5-7-9-11-13-15-17-26-29-33-37-41-45-49-53-59(64)58(57-63)62-60(65)54-50-46-42-38-34-30-27-24-22-20-19-21-23-25-28-32-36-40-44-48-52-56-67-61(66)55-51-47-43-39-35-31-18-16-14-12-10-8-6-4-2/h16,18,20,22,49,53,58-59,63-64H,3-15,17,19,21,23-48,50-52,54-57H2,1-2H3,(H,62,65)/b18-16-,22-20-,53-49+. The molecule has 0 heterocycles. The summed E-state index contributed by atoms with van der Waals surface area (Å²) in [5, 5.41) is 23.1. The number of carbonyl (C=O) groups is 2. The number of unbranched alkanes of at least 4 members (excludes halogenated alkanes) is 40. The summed E-state index contributed by atoms with van der Waals surface area (Å²) in [5.41, 5.74) is 0. The van der Waals surface area contributed by atoms with Crippen LogP contribution in [0.1, 0.15) is 316 Å². The van der Waals surface area contributed by atoms with Gasteiger partial charge >= 0.3 is 5.97 Å². The number of aliphatic hydroxyl groups excluding tert-OH is 2. The number of hydrogen-bond donors (Lipinski definition) is 3. The number of amides is 1. The molecule has 0 rings (SSSR count). The Kier molecular flexibility index (Phi) is 55.0. The molecule has 67 heavy (non-hydrogen) atoms. The van der Waals surface area contributed by atoms with Gasteiger partial charge in [-0.3, -0.25) is 9.59 Å². The van der Waals surface area contributed by atoms with E-state index in [-0.39, 0.29) is 18.5 Å². The van der Waals surface area contributed by atoms with Gasteiger partial charge in [0.25, 0.3) is 0 Å². The van der Waals surface area contributed by atoms with Crippen molar-refractivity contribution in [2.24, 2.45) is 0 Å². The number of aliphatic hydroxyl groups is 2. The molecule has 0 aliphatic heterocycles.